The molecule has 4 N–H and O–H groups in total. The Balaban J connectivity index is 1.81. The third-order valence-corrected chi connectivity index (χ3v) is 7.79. The summed E-state index contributed by atoms with van der Waals surface area (Å²) < 4.78 is 10.3. The molecule has 0 aliphatic carbocycles. The van der Waals surface area contributed by atoms with Crippen molar-refractivity contribution in [3.8, 4) is 11.5 Å². The Morgan fingerprint density at radius 1 is 0.540 bits per heavy atom. The highest BCUT2D eigenvalue weighted by atomic mass is 16.5. The molecule has 0 saturated carbocycles. The van der Waals surface area contributed by atoms with E-state index in [-0.39, 0.29) is 59.5 Å². The van der Waals surface area contributed by atoms with Crippen LogP contribution in [0.4, 0.5) is 0 Å². The maximum atomic E-state index is 12.3. The second kappa shape index (κ2) is 16.4. The van der Waals surface area contributed by atoms with E-state index in [9.17, 15) is 29.4 Å². The predicted octanol–water partition coefficient (Wildman–Crippen LogP) is 6.33. The van der Waals surface area contributed by atoms with E-state index in [0.717, 1.165) is 33.4 Å². The van der Waals surface area contributed by atoms with Crippen molar-refractivity contribution in [3.63, 3.8) is 0 Å². The highest BCUT2D eigenvalue weighted by Gasteiger charge is 2.27. The molecule has 2 aromatic carbocycles. The van der Waals surface area contributed by atoms with Crippen LogP contribution in [0.5, 0.6) is 11.5 Å². The van der Waals surface area contributed by atoms with Crippen LogP contribution >= 0.6 is 0 Å². The number of amides is 2. The quantitative estimate of drug-likeness (QED) is 0.0976. The van der Waals surface area contributed by atoms with E-state index >= 15 is 0 Å². The minimum atomic E-state index is -0.923. The van der Waals surface area contributed by atoms with Crippen LogP contribution in [-0.2, 0) is 50.3 Å². The number of phenols is 2. The van der Waals surface area contributed by atoms with E-state index in [0.29, 0.717) is 0 Å². The molecule has 0 saturated heterocycles. The van der Waals surface area contributed by atoms with E-state index in [1.807, 2.05) is 107 Å². The highest BCUT2D eigenvalue weighted by Crippen LogP contribution is 2.41. The van der Waals surface area contributed by atoms with Crippen molar-refractivity contribution >= 4 is 35.9 Å². The Labute approximate surface area is 297 Å². The molecule has 0 atom stereocenters. The molecule has 0 radical (unpaired) electrons. The molecular formula is C40H56N2O8. The van der Waals surface area contributed by atoms with Crippen molar-refractivity contribution in [1.82, 2.24) is 10.6 Å². The Bertz CT molecular complexity index is 1430. The third kappa shape index (κ3) is 12.4. The first-order valence-corrected chi connectivity index (χ1v) is 16.8. The zero-order valence-electron chi connectivity index (χ0n) is 31.8. The van der Waals surface area contributed by atoms with E-state index in [4.69, 9.17) is 9.47 Å². The van der Waals surface area contributed by atoms with Gasteiger partial charge in [0.25, 0.3) is 0 Å². The minimum Gasteiger partial charge on any atom is -0.507 e. The Morgan fingerprint density at radius 3 is 1.04 bits per heavy atom. The average molecular weight is 693 g/mol. The van der Waals surface area contributed by atoms with Gasteiger partial charge in [0.05, 0.1) is 13.1 Å². The van der Waals surface area contributed by atoms with Crippen molar-refractivity contribution < 1.29 is 38.9 Å². The number of benzene rings is 2. The Hall–Kier alpha value is -4.60. The molecule has 10 heteroatoms. The molecule has 0 heterocycles. The molecule has 50 heavy (non-hydrogen) atoms. The first kappa shape index (κ1) is 41.6. The van der Waals surface area contributed by atoms with Gasteiger partial charge < -0.3 is 30.3 Å². The fraction of sp³-hybridized carbons (Fsp3) is 0.500. The van der Waals surface area contributed by atoms with Crippen LogP contribution in [0.3, 0.4) is 0 Å². The van der Waals surface area contributed by atoms with Gasteiger partial charge in [-0.1, -0.05) is 83.1 Å². The minimum absolute atomic E-state index is 0.0850. The fourth-order valence-corrected chi connectivity index (χ4v) is 5.01. The van der Waals surface area contributed by atoms with Crippen LogP contribution in [0.2, 0.25) is 0 Å². The summed E-state index contributed by atoms with van der Waals surface area (Å²) >= 11 is 0. The van der Waals surface area contributed by atoms with Gasteiger partial charge in [-0.2, -0.15) is 0 Å². The molecule has 274 valence electrons. The maximum absolute atomic E-state index is 12.3. The molecule has 2 amide bonds. The second-order valence-corrected chi connectivity index (χ2v) is 16.4. The lowest BCUT2D eigenvalue weighted by atomic mass is 9.78. The van der Waals surface area contributed by atoms with Crippen LogP contribution in [0.1, 0.15) is 116 Å². The molecule has 0 bridgehead atoms. The lowest BCUT2D eigenvalue weighted by Crippen LogP contribution is -2.42. The first-order chi connectivity index (χ1) is 22.8. The number of phenolic OH excluding ortho intramolecular Hbond substituents is 2. The van der Waals surface area contributed by atoms with E-state index < -0.39 is 23.8 Å². The fourth-order valence-electron chi connectivity index (χ4n) is 5.01. The van der Waals surface area contributed by atoms with Gasteiger partial charge >= 0.3 is 23.8 Å². The molecule has 10 nitrogen and oxygen atoms in total. The number of hydrogen-bond acceptors (Lipinski definition) is 8. The summed E-state index contributed by atoms with van der Waals surface area (Å²) in [6, 6.07) is 7.36. The van der Waals surface area contributed by atoms with Crippen LogP contribution in [-0.4, -0.2) is 60.3 Å². The van der Waals surface area contributed by atoms with Gasteiger partial charge in [0.15, 0.2) is 0 Å². The van der Waals surface area contributed by atoms with E-state index in [1.54, 1.807) is 12.2 Å². The molecular weight excluding hydrogens is 636 g/mol. The highest BCUT2D eigenvalue weighted by molar-refractivity contribution is 6.35. The lowest BCUT2D eigenvalue weighted by molar-refractivity contribution is -0.141. The molecule has 0 fully saturated rings. The third-order valence-electron chi connectivity index (χ3n) is 7.79. The van der Waals surface area contributed by atoms with Crippen LogP contribution in [0, 0.1) is 0 Å². The zero-order chi connectivity index (χ0) is 38.2. The monoisotopic (exact) mass is 692 g/mol. The molecule has 0 unspecified atom stereocenters. The van der Waals surface area contributed by atoms with Gasteiger partial charge in [0, 0.05) is 34.4 Å². The first-order valence-electron chi connectivity index (χ1n) is 16.8. The number of rotatable bonds is 10. The number of carbonyl (C=O) groups is 4. The van der Waals surface area contributed by atoms with Gasteiger partial charge in [-0.3, -0.25) is 9.59 Å². The van der Waals surface area contributed by atoms with Crippen molar-refractivity contribution in [3.05, 3.63) is 69.8 Å². The summed E-state index contributed by atoms with van der Waals surface area (Å²) in [6.07, 6.45) is 5.76. The van der Waals surface area contributed by atoms with Crippen molar-refractivity contribution in [2.75, 3.05) is 26.3 Å². The maximum Gasteiger partial charge on any atom is 0.330 e. The van der Waals surface area contributed by atoms with E-state index in [1.165, 1.54) is 12.2 Å². The average Bonchev–Trinajstić information content (AvgIpc) is 2.97. The molecule has 0 aliphatic rings. The van der Waals surface area contributed by atoms with Gasteiger partial charge in [0.1, 0.15) is 24.7 Å². The van der Waals surface area contributed by atoms with Crippen LogP contribution < -0.4 is 10.6 Å². The zero-order valence-corrected chi connectivity index (χ0v) is 31.8. The summed E-state index contributed by atoms with van der Waals surface area (Å²) in [5.41, 5.74) is 3.29. The molecule has 2 aromatic rings. The summed E-state index contributed by atoms with van der Waals surface area (Å²) in [5, 5.41) is 26.5. The Morgan fingerprint density at radius 2 is 0.800 bits per heavy atom. The van der Waals surface area contributed by atoms with Gasteiger partial charge in [0.2, 0.25) is 0 Å². The van der Waals surface area contributed by atoms with Crippen LogP contribution in [0.25, 0.3) is 12.2 Å². The van der Waals surface area contributed by atoms with Crippen molar-refractivity contribution in [1.29, 1.82) is 0 Å². The largest absolute Gasteiger partial charge is 0.507 e. The number of aromatic hydroxyl groups is 2. The smallest absolute Gasteiger partial charge is 0.330 e. The second-order valence-electron chi connectivity index (χ2n) is 16.4. The number of ether oxygens (including phenoxy) is 2. The summed E-state index contributed by atoms with van der Waals surface area (Å²) in [7, 11) is 0. The molecule has 0 aromatic heterocycles. The summed E-state index contributed by atoms with van der Waals surface area (Å²) in [5.74, 6) is -2.61. The SMILES string of the molecule is CC(C)(C)c1cc(/C=C/C(=O)OCCNC(=O)C(=O)NCCOC(=O)/C=C/c2cc(C(C)(C)C)c(O)c(C(C)(C)C)c2)cc(C(C)(C)C)c1O. The van der Waals surface area contributed by atoms with Crippen molar-refractivity contribution in [2.24, 2.45) is 0 Å². The lowest BCUT2D eigenvalue weighted by Gasteiger charge is -2.27. The van der Waals surface area contributed by atoms with Gasteiger partial charge in [-0.25, -0.2) is 9.59 Å². The van der Waals surface area contributed by atoms with Gasteiger partial charge in [-0.05, 0) is 69.2 Å². The molecule has 0 spiro atoms. The molecule has 0 aliphatic heterocycles. The molecule has 2 rings (SSSR count). The summed E-state index contributed by atoms with van der Waals surface area (Å²) in [4.78, 5) is 48.8. The van der Waals surface area contributed by atoms with Gasteiger partial charge in [-0.15, -0.1) is 0 Å². The topological polar surface area (TPSA) is 151 Å². The number of esters is 2. The van der Waals surface area contributed by atoms with E-state index in [2.05, 4.69) is 10.6 Å². The number of hydrogen-bond donors (Lipinski definition) is 4. The number of carbonyl (C=O) groups excluding carboxylic acids is 4. The predicted molar refractivity (Wildman–Crippen MR) is 197 cm³/mol. The normalized spacial score (nSPS) is 12.6. The Kier molecular flexibility index (Phi) is 13.6. The van der Waals surface area contributed by atoms with Crippen molar-refractivity contribution in [2.45, 2.75) is 105 Å². The van der Waals surface area contributed by atoms with Crippen LogP contribution in [0.15, 0.2) is 36.4 Å². The standard InChI is InChI=1S/C40H56N2O8/c1-37(2,3)27-21-25(22-28(33(27)45)38(4,5)6)13-15-31(43)49-19-17-41-35(47)36(48)42-18-20-50-32(44)16-14-26-23-29(39(7,8)9)34(46)30(24-26)40(10,11)12/h13-16,21-24,45-46H,17-20H2,1-12H3,(H,41,47)(H,42,48)/b15-13+,16-14+. The summed E-state index contributed by atoms with van der Waals surface area (Å²) in [6.45, 7) is 23.6. The number of nitrogens with one attached hydrogen (secondary N) is 2.